The Morgan fingerprint density at radius 1 is 1.13 bits per heavy atom. The van der Waals surface area contributed by atoms with E-state index in [9.17, 15) is 5.26 Å². The minimum Gasteiger partial charge on any atom is -0.256 e. The monoisotopic (exact) mass is 394 g/mol. The second-order valence-corrected chi connectivity index (χ2v) is 9.00. The summed E-state index contributed by atoms with van der Waals surface area (Å²) in [6.45, 7) is 6.68. The highest BCUT2D eigenvalue weighted by atomic mass is 14.9. The molecule has 0 spiro atoms. The molecule has 0 saturated heterocycles. The molecular formula is C26H26N4. The van der Waals surface area contributed by atoms with Crippen LogP contribution >= 0.6 is 0 Å². The van der Waals surface area contributed by atoms with E-state index in [0.717, 1.165) is 52.8 Å². The van der Waals surface area contributed by atoms with E-state index in [1.54, 1.807) is 0 Å². The number of aromatic nitrogens is 3. The van der Waals surface area contributed by atoms with Crippen molar-refractivity contribution in [3.63, 3.8) is 0 Å². The zero-order valence-corrected chi connectivity index (χ0v) is 17.8. The Morgan fingerprint density at radius 2 is 1.97 bits per heavy atom. The van der Waals surface area contributed by atoms with Crippen LogP contribution < -0.4 is 0 Å². The average molecular weight is 395 g/mol. The summed E-state index contributed by atoms with van der Waals surface area (Å²) in [6.07, 6.45) is 6.99. The molecule has 0 N–H and O–H groups in total. The first-order valence-corrected chi connectivity index (χ1v) is 10.9. The average Bonchev–Trinajstić information content (AvgIpc) is 2.77. The number of para-hydroxylation sites is 1. The SMILES string of the molecule is CC(C)c1nc(-c2ccnc3ccccc23)nc2c1CCC1C(C)C=C(C#N)CC21. The van der Waals surface area contributed by atoms with Crippen molar-refractivity contribution in [2.45, 2.75) is 51.9 Å². The largest absolute Gasteiger partial charge is 0.256 e. The molecule has 2 aliphatic rings. The predicted octanol–water partition coefficient (Wildman–Crippen LogP) is 5.95. The topological polar surface area (TPSA) is 62.5 Å². The van der Waals surface area contributed by atoms with Crippen molar-refractivity contribution in [3.8, 4) is 17.5 Å². The van der Waals surface area contributed by atoms with Crippen molar-refractivity contribution in [1.29, 1.82) is 5.26 Å². The van der Waals surface area contributed by atoms with Gasteiger partial charge < -0.3 is 0 Å². The van der Waals surface area contributed by atoms with Gasteiger partial charge in [-0.05, 0) is 54.7 Å². The lowest BCUT2D eigenvalue weighted by Gasteiger charge is -2.39. The number of allylic oxidation sites excluding steroid dienone is 2. The minimum atomic E-state index is 0.302. The summed E-state index contributed by atoms with van der Waals surface area (Å²) in [7, 11) is 0. The third kappa shape index (κ3) is 3.01. The molecule has 3 aromatic rings. The Labute approximate surface area is 177 Å². The van der Waals surface area contributed by atoms with Gasteiger partial charge in [-0.1, -0.05) is 45.0 Å². The van der Waals surface area contributed by atoms with Gasteiger partial charge >= 0.3 is 0 Å². The Bertz CT molecular complexity index is 1200. The van der Waals surface area contributed by atoms with Gasteiger partial charge in [-0.15, -0.1) is 0 Å². The number of hydrogen-bond acceptors (Lipinski definition) is 4. The zero-order chi connectivity index (χ0) is 20.8. The van der Waals surface area contributed by atoms with Crippen LogP contribution in [0.1, 0.15) is 62.4 Å². The third-order valence-corrected chi connectivity index (χ3v) is 6.83. The molecule has 4 nitrogen and oxygen atoms in total. The first kappa shape index (κ1) is 18.9. The van der Waals surface area contributed by atoms with Crippen LogP contribution in [-0.2, 0) is 6.42 Å². The summed E-state index contributed by atoms with van der Waals surface area (Å²) in [5.41, 5.74) is 6.55. The highest BCUT2D eigenvalue weighted by Gasteiger charge is 2.38. The minimum absolute atomic E-state index is 0.302. The quantitative estimate of drug-likeness (QED) is 0.539. The van der Waals surface area contributed by atoms with E-state index >= 15 is 0 Å². The van der Waals surface area contributed by atoms with Crippen LogP contribution in [0.4, 0.5) is 0 Å². The normalized spacial score (nSPS) is 22.9. The number of benzene rings is 1. The number of nitrogens with zero attached hydrogens (tertiary/aromatic N) is 4. The first-order valence-electron chi connectivity index (χ1n) is 10.9. The number of rotatable bonds is 2. The molecule has 5 rings (SSSR count). The van der Waals surface area contributed by atoms with Crippen molar-refractivity contribution in [1.82, 2.24) is 15.0 Å². The number of nitriles is 1. The molecule has 0 amide bonds. The Morgan fingerprint density at radius 3 is 2.77 bits per heavy atom. The van der Waals surface area contributed by atoms with Crippen molar-refractivity contribution in [3.05, 3.63) is 65.1 Å². The van der Waals surface area contributed by atoms with Crippen LogP contribution in [0.15, 0.2) is 48.2 Å². The molecule has 2 aromatic heterocycles. The van der Waals surface area contributed by atoms with Gasteiger partial charge in [0.2, 0.25) is 0 Å². The molecule has 4 heteroatoms. The van der Waals surface area contributed by atoms with Gasteiger partial charge in [-0.25, -0.2) is 9.97 Å². The maximum atomic E-state index is 9.58. The fourth-order valence-electron chi connectivity index (χ4n) is 5.39. The third-order valence-electron chi connectivity index (χ3n) is 6.83. The van der Waals surface area contributed by atoms with Crippen LogP contribution in [0, 0.1) is 23.2 Å². The summed E-state index contributed by atoms with van der Waals surface area (Å²) >= 11 is 0. The molecule has 30 heavy (non-hydrogen) atoms. The molecule has 150 valence electrons. The molecule has 3 unspecified atom stereocenters. The standard InChI is InChI=1S/C26H26N4/c1-15(2)24-21-9-8-18-16(3)12-17(14-27)13-22(18)25(21)30-26(29-24)20-10-11-28-23-7-5-4-6-19(20)23/h4-7,10-12,15-16,18,22H,8-9,13H2,1-3H3. The van der Waals surface area contributed by atoms with Crippen LogP contribution in [-0.4, -0.2) is 15.0 Å². The molecule has 0 fully saturated rings. The zero-order valence-electron chi connectivity index (χ0n) is 17.8. The van der Waals surface area contributed by atoms with Crippen LogP contribution in [0.5, 0.6) is 0 Å². The number of fused-ring (bicyclic) bond motifs is 4. The van der Waals surface area contributed by atoms with Crippen LogP contribution in [0.3, 0.4) is 0 Å². The second kappa shape index (κ2) is 7.32. The fraction of sp³-hybridized carbons (Fsp3) is 0.385. The summed E-state index contributed by atoms with van der Waals surface area (Å²) in [4.78, 5) is 14.8. The van der Waals surface area contributed by atoms with Gasteiger partial charge in [-0.3, -0.25) is 4.98 Å². The van der Waals surface area contributed by atoms with Gasteiger partial charge in [-0.2, -0.15) is 5.26 Å². The molecule has 0 bridgehead atoms. The Balaban J connectivity index is 1.73. The smallest absolute Gasteiger partial charge is 0.160 e. The lowest BCUT2D eigenvalue weighted by Crippen LogP contribution is -2.31. The van der Waals surface area contributed by atoms with E-state index in [1.807, 2.05) is 30.5 Å². The Hall–Kier alpha value is -3.06. The summed E-state index contributed by atoms with van der Waals surface area (Å²) in [5, 5.41) is 10.7. The van der Waals surface area contributed by atoms with Crippen molar-refractivity contribution in [2.75, 3.05) is 0 Å². The second-order valence-electron chi connectivity index (χ2n) is 9.00. The maximum absolute atomic E-state index is 9.58. The lowest BCUT2D eigenvalue weighted by molar-refractivity contribution is 0.281. The molecule has 1 aromatic carbocycles. The van der Waals surface area contributed by atoms with Crippen molar-refractivity contribution >= 4 is 10.9 Å². The van der Waals surface area contributed by atoms with Gasteiger partial charge in [0, 0.05) is 28.6 Å². The molecule has 2 aliphatic carbocycles. The van der Waals surface area contributed by atoms with Crippen LogP contribution in [0.2, 0.25) is 0 Å². The highest BCUT2D eigenvalue weighted by Crippen LogP contribution is 2.48. The van der Waals surface area contributed by atoms with Gasteiger partial charge in [0.05, 0.1) is 23.0 Å². The van der Waals surface area contributed by atoms with Crippen LogP contribution in [0.25, 0.3) is 22.3 Å². The number of hydrogen-bond donors (Lipinski definition) is 0. The van der Waals surface area contributed by atoms with E-state index in [4.69, 9.17) is 9.97 Å². The van der Waals surface area contributed by atoms with Gasteiger partial charge in [0.1, 0.15) is 0 Å². The summed E-state index contributed by atoms with van der Waals surface area (Å²) in [6, 6.07) is 12.6. The van der Waals surface area contributed by atoms with E-state index in [2.05, 4.69) is 44.0 Å². The summed E-state index contributed by atoms with van der Waals surface area (Å²) < 4.78 is 0. The molecule has 2 heterocycles. The van der Waals surface area contributed by atoms with Gasteiger partial charge in [0.15, 0.2) is 5.82 Å². The van der Waals surface area contributed by atoms with E-state index < -0.39 is 0 Å². The molecular weight excluding hydrogens is 368 g/mol. The van der Waals surface area contributed by atoms with Gasteiger partial charge in [0.25, 0.3) is 0 Å². The Kier molecular flexibility index (Phi) is 4.62. The van der Waals surface area contributed by atoms with Crippen molar-refractivity contribution in [2.24, 2.45) is 11.8 Å². The van der Waals surface area contributed by atoms with E-state index in [0.29, 0.717) is 23.7 Å². The number of pyridine rings is 1. The highest BCUT2D eigenvalue weighted by molar-refractivity contribution is 5.92. The van der Waals surface area contributed by atoms with Crippen molar-refractivity contribution < 1.29 is 0 Å². The fourth-order valence-corrected chi connectivity index (χ4v) is 5.39. The lowest BCUT2D eigenvalue weighted by atomic mass is 9.66. The molecule has 0 saturated carbocycles. The molecule has 3 atom stereocenters. The molecule has 0 aliphatic heterocycles. The first-order chi connectivity index (χ1) is 14.6. The predicted molar refractivity (Wildman–Crippen MR) is 119 cm³/mol. The molecule has 0 radical (unpaired) electrons. The van der Waals surface area contributed by atoms with E-state index in [-0.39, 0.29) is 0 Å². The van der Waals surface area contributed by atoms with E-state index in [1.165, 1.54) is 11.3 Å². The maximum Gasteiger partial charge on any atom is 0.160 e. The summed E-state index contributed by atoms with van der Waals surface area (Å²) in [5.74, 6) is 2.38.